The number of hydrogen-bond donors (Lipinski definition) is 0. The van der Waals surface area contributed by atoms with E-state index in [4.69, 9.17) is 0 Å². The van der Waals surface area contributed by atoms with Crippen LogP contribution < -0.4 is 0 Å². The van der Waals surface area contributed by atoms with Gasteiger partial charge in [-0.1, -0.05) is 5.16 Å². The van der Waals surface area contributed by atoms with Crippen molar-refractivity contribution in [3.8, 4) is 0 Å². The van der Waals surface area contributed by atoms with Crippen molar-refractivity contribution in [3.05, 3.63) is 0 Å². The molecule has 0 saturated carbocycles. The Morgan fingerprint density at radius 2 is 2.67 bits per heavy atom. The smallest absolute Gasteiger partial charge is 0.255 e. The van der Waals surface area contributed by atoms with Crippen molar-refractivity contribution in [2.45, 2.75) is 6.92 Å². The van der Waals surface area contributed by atoms with Gasteiger partial charge in [0.25, 0.3) is 6.86 Å². The molecule has 36 valence electrons. The van der Waals surface area contributed by atoms with Crippen LogP contribution in [0.2, 0.25) is 0 Å². The van der Waals surface area contributed by atoms with E-state index in [-0.39, 0.29) is 0 Å². The van der Waals surface area contributed by atoms with Gasteiger partial charge in [-0.15, -0.1) is 0 Å². The van der Waals surface area contributed by atoms with Gasteiger partial charge in [0, 0.05) is 6.21 Å². The van der Waals surface area contributed by atoms with Gasteiger partial charge in [0.15, 0.2) is 0 Å². The van der Waals surface area contributed by atoms with Crippen LogP contribution in [0.4, 0.5) is 4.39 Å². The highest BCUT2D eigenvalue weighted by Gasteiger charge is 1.64. The van der Waals surface area contributed by atoms with Crippen LogP contribution in [0.1, 0.15) is 6.92 Å². The fourth-order valence-electron chi connectivity index (χ4n) is 0.103. The summed E-state index contributed by atoms with van der Waals surface area (Å²) in [5.74, 6) is 0. The lowest BCUT2D eigenvalue weighted by molar-refractivity contribution is 0.0645. The maximum absolute atomic E-state index is 10.8. The first-order valence-electron chi connectivity index (χ1n) is 1.57. The van der Waals surface area contributed by atoms with Crippen LogP contribution in [0.5, 0.6) is 0 Å². The van der Waals surface area contributed by atoms with Gasteiger partial charge in [-0.05, 0) is 6.92 Å². The lowest BCUT2D eigenvalue weighted by atomic mass is 10.9. The molecule has 0 aliphatic heterocycles. The van der Waals surface area contributed by atoms with E-state index in [0.717, 1.165) is 0 Å². The third-order valence-electron chi connectivity index (χ3n) is 0.229. The lowest BCUT2D eigenvalue weighted by Crippen LogP contribution is -1.73. The van der Waals surface area contributed by atoms with E-state index < -0.39 is 6.86 Å². The van der Waals surface area contributed by atoms with E-state index in [9.17, 15) is 4.39 Å². The van der Waals surface area contributed by atoms with Crippen molar-refractivity contribution in [3.63, 3.8) is 0 Å². The second-order valence-corrected chi connectivity index (χ2v) is 0.602. The average molecular weight is 91.1 g/mol. The maximum atomic E-state index is 10.8. The Morgan fingerprint density at radius 1 is 2.00 bits per heavy atom. The summed E-state index contributed by atoms with van der Waals surface area (Å²) in [4.78, 5) is 3.89. The van der Waals surface area contributed by atoms with Gasteiger partial charge in [-0.25, -0.2) is 4.39 Å². The zero-order valence-corrected chi connectivity index (χ0v) is 3.52. The third kappa shape index (κ3) is 3.40. The molecule has 0 aliphatic rings. The minimum Gasteiger partial charge on any atom is -0.362 e. The number of halogens is 1. The number of alkyl halides is 1. The zero-order valence-electron chi connectivity index (χ0n) is 3.52. The Bertz CT molecular complexity index is 46.1. The molecule has 6 heavy (non-hydrogen) atoms. The number of nitrogens with zero attached hydrogens (tertiary/aromatic N) is 1. The highest BCUT2D eigenvalue weighted by molar-refractivity contribution is 5.52. The molecular weight excluding hydrogens is 85.0 g/mol. The molecule has 0 aliphatic carbocycles. The maximum Gasteiger partial charge on any atom is 0.255 e. The van der Waals surface area contributed by atoms with Crippen LogP contribution in [0.15, 0.2) is 5.16 Å². The molecule has 0 N–H and O–H groups in total. The normalized spacial score (nSPS) is 9.67. The summed E-state index contributed by atoms with van der Waals surface area (Å²) in [5, 5.41) is 3.09. The van der Waals surface area contributed by atoms with Crippen molar-refractivity contribution in [2.24, 2.45) is 5.16 Å². The fraction of sp³-hybridized carbons (Fsp3) is 0.667. The quantitative estimate of drug-likeness (QED) is 0.366. The molecule has 0 amide bonds. The van der Waals surface area contributed by atoms with Crippen molar-refractivity contribution >= 4 is 6.21 Å². The largest absolute Gasteiger partial charge is 0.362 e. The highest BCUT2D eigenvalue weighted by Crippen LogP contribution is 1.70. The summed E-state index contributed by atoms with van der Waals surface area (Å²) >= 11 is 0. The van der Waals surface area contributed by atoms with Gasteiger partial charge < -0.3 is 4.84 Å². The first-order valence-corrected chi connectivity index (χ1v) is 1.57. The molecule has 0 saturated heterocycles. The number of oxime groups is 1. The first-order chi connectivity index (χ1) is 2.91. The van der Waals surface area contributed by atoms with Crippen LogP contribution in [0, 0.1) is 0 Å². The van der Waals surface area contributed by atoms with Crippen LogP contribution in [0.25, 0.3) is 0 Å². The Balaban J connectivity index is 2.66. The molecular formula is C3H6FNO. The van der Waals surface area contributed by atoms with Gasteiger partial charge in [0.2, 0.25) is 0 Å². The van der Waals surface area contributed by atoms with Gasteiger partial charge >= 0.3 is 0 Å². The predicted octanol–water partition coefficient (Wildman–Crippen LogP) is 0.936. The van der Waals surface area contributed by atoms with Crippen LogP contribution >= 0.6 is 0 Å². The Kier molecular flexibility index (Phi) is 3.96. The molecule has 0 aromatic rings. The number of rotatable bonds is 2. The van der Waals surface area contributed by atoms with Gasteiger partial charge in [-0.2, -0.15) is 0 Å². The van der Waals surface area contributed by atoms with E-state index >= 15 is 0 Å². The fourth-order valence-corrected chi connectivity index (χ4v) is 0.103. The summed E-state index contributed by atoms with van der Waals surface area (Å²) in [6.45, 7) is 0.806. The molecule has 0 rings (SSSR count). The monoisotopic (exact) mass is 91.0 g/mol. The summed E-state index contributed by atoms with van der Waals surface area (Å²) in [6, 6.07) is 0. The second-order valence-electron chi connectivity index (χ2n) is 0.602. The standard InChI is InChI=1S/C3H6FNO/c1-2-5-6-3-4/h2H,3H2,1H3. The molecule has 0 unspecified atom stereocenters. The molecule has 0 radical (unpaired) electrons. The van der Waals surface area contributed by atoms with Crippen LogP contribution in [0.3, 0.4) is 0 Å². The molecule has 0 spiro atoms. The summed E-state index contributed by atoms with van der Waals surface area (Å²) in [6.07, 6.45) is 1.37. The topological polar surface area (TPSA) is 21.6 Å². The van der Waals surface area contributed by atoms with E-state index in [1.54, 1.807) is 6.92 Å². The molecule has 0 aromatic carbocycles. The first kappa shape index (κ1) is 5.40. The zero-order chi connectivity index (χ0) is 4.83. The Hall–Kier alpha value is -0.600. The molecule has 0 atom stereocenters. The lowest BCUT2D eigenvalue weighted by Gasteiger charge is -1.81. The summed E-state index contributed by atoms with van der Waals surface area (Å²) in [5.41, 5.74) is 0. The van der Waals surface area contributed by atoms with E-state index in [0.29, 0.717) is 0 Å². The molecule has 0 aromatic heterocycles. The van der Waals surface area contributed by atoms with Gasteiger partial charge in [0.1, 0.15) is 0 Å². The molecule has 3 heteroatoms. The van der Waals surface area contributed by atoms with Crippen LogP contribution in [-0.2, 0) is 4.84 Å². The predicted molar refractivity (Wildman–Crippen MR) is 21.2 cm³/mol. The minimum atomic E-state index is -0.843. The Morgan fingerprint density at radius 3 is 2.83 bits per heavy atom. The highest BCUT2D eigenvalue weighted by atomic mass is 19.1. The second kappa shape index (κ2) is 4.40. The third-order valence-corrected chi connectivity index (χ3v) is 0.229. The SMILES string of the molecule is CC=NOCF. The van der Waals surface area contributed by atoms with E-state index in [1.807, 2.05) is 0 Å². The van der Waals surface area contributed by atoms with Gasteiger partial charge in [0.05, 0.1) is 0 Å². The summed E-state index contributed by atoms with van der Waals surface area (Å²) in [7, 11) is 0. The molecule has 0 fully saturated rings. The Labute approximate surface area is 35.6 Å². The van der Waals surface area contributed by atoms with Crippen LogP contribution in [-0.4, -0.2) is 13.1 Å². The summed E-state index contributed by atoms with van der Waals surface area (Å²) < 4.78 is 10.8. The number of hydrogen-bond acceptors (Lipinski definition) is 2. The molecule has 2 nitrogen and oxygen atoms in total. The molecule has 0 heterocycles. The van der Waals surface area contributed by atoms with Crippen molar-refractivity contribution < 1.29 is 9.23 Å². The van der Waals surface area contributed by atoms with E-state index in [1.165, 1.54) is 6.21 Å². The van der Waals surface area contributed by atoms with Crippen molar-refractivity contribution in [1.29, 1.82) is 0 Å². The molecule has 0 bridgehead atoms. The van der Waals surface area contributed by atoms with E-state index in [2.05, 4.69) is 9.99 Å². The average Bonchev–Trinajstić information content (AvgIpc) is 1.61. The van der Waals surface area contributed by atoms with Gasteiger partial charge in [-0.3, -0.25) is 0 Å². The van der Waals surface area contributed by atoms with Crippen molar-refractivity contribution in [2.75, 3.05) is 6.86 Å². The minimum absolute atomic E-state index is 0.843. The van der Waals surface area contributed by atoms with Crippen molar-refractivity contribution in [1.82, 2.24) is 0 Å².